The van der Waals surface area contributed by atoms with Gasteiger partial charge in [-0.05, 0) is 38.1 Å². The van der Waals surface area contributed by atoms with E-state index in [-0.39, 0.29) is 6.42 Å². The molecule has 76 valence electrons. The topological polar surface area (TPSA) is 3.24 Å². The fraction of sp³-hybridized carbons (Fsp3) is 1.00. The lowest BCUT2D eigenvalue weighted by atomic mass is 9.85. The Morgan fingerprint density at radius 2 is 2.46 bits per heavy atom. The second kappa shape index (κ2) is 3.23. The Bertz CT molecular complexity index is 321. The van der Waals surface area contributed by atoms with Crippen LogP contribution in [0.4, 0.5) is 4.39 Å². The minimum absolute atomic E-state index is 0.123. The molecule has 0 aromatic carbocycles. The number of rotatable bonds is 2. The predicted octanol–water partition coefficient (Wildman–Crippen LogP) is 2.61. The molecule has 2 aliphatic heterocycles. The van der Waals surface area contributed by atoms with Crippen LogP contribution in [-0.2, 0) is 0 Å². The lowest BCUT2D eigenvalue weighted by Gasteiger charge is -2.33. The summed E-state index contributed by atoms with van der Waals surface area (Å²) >= 11 is 0. The molecule has 2 aliphatic rings. The maximum absolute atomic E-state index is 13.9. The van der Waals surface area contributed by atoms with Crippen LogP contribution in [0.3, 0.4) is 0 Å². The van der Waals surface area contributed by atoms with Crippen LogP contribution in [0.15, 0.2) is 0 Å². The highest BCUT2D eigenvalue weighted by molar-refractivity contribution is 5.03. The van der Waals surface area contributed by atoms with Gasteiger partial charge in [-0.3, -0.25) is 4.90 Å². The summed E-state index contributed by atoms with van der Waals surface area (Å²) in [5.74, 6) is 0.312. The standard InChI is InChI=1S/C11H20FN/c1-9(2)6-11-4-3-5-13(11)8-10(12)7-11/h9-10H,3-8H2,1-2H3/t10-,11-/m1/s1/i5D2,8D2. The highest BCUT2D eigenvalue weighted by atomic mass is 19.1. The van der Waals surface area contributed by atoms with Gasteiger partial charge in [-0.25, -0.2) is 4.39 Å². The monoisotopic (exact) mass is 189 g/mol. The van der Waals surface area contributed by atoms with Crippen molar-refractivity contribution in [2.45, 2.75) is 51.2 Å². The van der Waals surface area contributed by atoms with Gasteiger partial charge in [0.15, 0.2) is 0 Å². The van der Waals surface area contributed by atoms with E-state index in [0.717, 1.165) is 0 Å². The summed E-state index contributed by atoms with van der Waals surface area (Å²) in [5.41, 5.74) is -0.624. The first-order chi connectivity index (χ1) is 7.62. The first kappa shape index (κ1) is 5.69. The third-order valence-corrected chi connectivity index (χ3v) is 2.95. The third kappa shape index (κ3) is 1.61. The molecule has 0 radical (unpaired) electrons. The molecule has 2 rings (SSSR count). The van der Waals surface area contributed by atoms with Gasteiger partial charge < -0.3 is 0 Å². The van der Waals surface area contributed by atoms with Crippen LogP contribution < -0.4 is 0 Å². The van der Waals surface area contributed by atoms with Crippen molar-refractivity contribution in [1.29, 1.82) is 0 Å². The Kier molecular flexibility index (Phi) is 1.42. The van der Waals surface area contributed by atoms with Crippen molar-refractivity contribution in [3.63, 3.8) is 0 Å². The molecule has 0 saturated carbocycles. The fourth-order valence-electron chi connectivity index (χ4n) is 2.61. The minimum atomic E-state index is -2.17. The molecular formula is C11H20FN. The fourth-order valence-corrected chi connectivity index (χ4v) is 2.61. The van der Waals surface area contributed by atoms with Crippen molar-refractivity contribution >= 4 is 0 Å². The van der Waals surface area contributed by atoms with Crippen molar-refractivity contribution < 1.29 is 9.87 Å². The van der Waals surface area contributed by atoms with Crippen LogP contribution in [-0.4, -0.2) is 29.6 Å². The average molecular weight is 189 g/mol. The van der Waals surface area contributed by atoms with Gasteiger partial charge in [0.25, 0.3) is 0 Å². The number of halogens is 1. The van der Waals surface area contributed by atoms with E-state index in [2.05, 4.69) is 0 Å². The zero-order valence-corrected chi connectivity index (χ0v) is 8.31. The quantitative estimate of drug-likeness (QED) is 0.645. The average Bonchev–Trinajstić information content (AvgIpc) is 2.46. The van der Waals surface area contributed by atoms with Gasteiger partial charge >= 0.3 is 0 Å². The van der Waals surface area contributed by atoms with Crippen LogP contribution in [0, 0.1) is 5.92 Å². The molecule has 0 spiro atoms. The van der Waals surface area contributed by atoms with Gasteiger partial charge in [-0.15, -0.1) is 0 Å². The molecule has 0 aliphatic carbocycles. The summed E-state index contributed by atoms with van der Waals surface area (Å²) in [6, 6.07) is 0. The molecule has 2 heteroatoms. The van der Waals surface area contributed by atoms with E-state index in [1.54, 1.807) is 0 Å². The molecule has 13 heavy (non-hydrogen) atoms. The van der Waals surface area contributed by atoms with Crippen molar-refractivity contribution in [2.24, 2.45) is 5.92 Å². The number of hydrogen-bond acceptors (Lipinski definition) is 1. The Labute approximate surface area is 85.9 Å². The molecule has 2 fully saturated rings. The normalized spacial score (nSPS) is 52.5. The molecule has 0 N–H and O–H groups in total. The van der Waals surface area contributed by atoms with Crippen molar-refractivity contribution in [2.75, 3.05) is 13.0 Å². The van der Waals surface area contributed by atoms with Crippen molar-refractivity contribution in [3.8, 4) is 0 Å². The first-order valence-electron chi connectivity index (χ1n) is 7.06. The number of nitrogens with zero attached hydrogens (tertiary/aromatic N) is 1. The van der Waals surface area contributed by atoms with Crippen molar-refractivity contribution in [3.05, 3.63) is 0 Å². The van der Waals surface area contributed by atoms with Crippen LogP contribution in [0.5, 0.6) is 0 Å². The van der Waals surface area contributed by atoms with E-state index in [0.29, 0.717) is 25.2 Å². The summed E-state index contributed by atoms with van der Waals surface area (Å²) < 4.78 is 45.4. The van der Waals surface area contributed by atoms with Gasteiger partial charge in [0.1, 0.15) is 6.17 Å². The van der Waals surface area contributed by atoms with E-state index >= 15 is 0 Å². The Balaban J connectivity index is 2.39. The number of alkyl halides is 1. The van der Waals surface area contributed by atoms with Gasteiger partial charge in [0.05, 0.1) is 0 Å². The van der Waals surface area contributed by atoms with Crippen molar-refractivity contribution in [1.82, 2.24) is 4.90 Å². The Morgan fingerprint density at radius 1 is 1.69 bits per heavy atom. The number of fused-ring (bicyclic) bond motifs is 1. The summed E-state index contributed by atoms with van der Waals surface area (Å²) in [6.07, 6.45) is 0.0467. The molecule has 2 atom stereocenters. The molecule has 0 aromatic rings. The van der Waals surface area contributed by atoms with Gasteiger partial charge in [0.2, 0.25) is 0 Å². The van der Waals surface area contributed by atoms with E-state index in [9.17, 15) is 4.39 Å². The van der Waals surface area contributed by atoms with E-state index in [1.807, 2.05) is 13.8 Å². The Hall–Kier alpha value is -0.110. The highest BCUT2D eigenvalue weighted by Crippen LogP contribution is 2.43. The van der Waals surface area contributed by atoms with Crippen LogP contribution in [0.1, 0.15) is 45.0 Å². The highest BCUT2D eigenvalue weighted by Gasteiger charge is 2.48. The molecule has 0 amide bonds. The van der Waals surface area contributed by atoms with Gasteiger partial charge in [0, 0.05) is 17.5 Å². The molecule has 0 bridgehead atoms. The minimum Gasteiger partial charge on any atom is -0.295 e. The van der Waals surface area contributed by atoms with Gasteiger partial charge in [-0.1, -0.05) is 13.8 Å². The third-order valence-electron chi connectivity index (χ3n) is 2.95. The zero-order chi connectivity index (χ0) is 13.1. The predicted molar refractivity (Wildman–Crippen MR) is 52.5 cm³/mol. The summed E-state index contributed by atoms with van der Waals surface area (Å²) in [4.78, 5) is 1.19. The first-order valence-corrected chi connectivity index (χ1v) is 5.06. The Morgan fingerprint density at radius 3 is 3.15 bits per heavy atom. The van der Waals surface area contributed by atoms with Crippen LogP contribution >= 0.6 is 0 Å². The molecule has 2 saturated heterocycles. The zero-order valence-electron chi connectivity index (χ0n) is 12.3. The van der Waals surface area contributed by atoms with E-state index in [4.69, 9.17) is 5.48 Å². The molecular weight excluding hydrogens is 165 g/mol. The second-order valence-electron chi connectivity index (χ2n) is 4.62. The maximum Gasteiger partial charge on any atom is 0.115 e. The maximum atomic E-state index is 13.9. The SMILES string of the molecule is [2H]C1([2H])CC[C@@]2(CC(C)C)C[C@@H](F)C([2H])([2H])N12. The molecule has 1 nitrogen and oxygen atoms in total. The lowest BCUT2D eigenvalue weighted by molar-refractivity contribution is 0.163. The molecule has 2 heterocycles. The summed E-state index contributed by atoms with van der Waals surface area (Å²) in [7, 11) is 0. The smallest absolute Gasteiger partial charge is 0.115 e. The molecule has 0 unspecified atom stereocenters. The van der Waals surface area contributed by atoms with Crippen LogP contribution in [0.25, 0.3) is 0 Å². The van der Waals surface area contributed by atoms with E-state index < -0.39 is 24.7 Å². The number of hydrogen-bond donors (Lipinski definition) is 0. The lowest BCUT2D eigenvalue weighted by Crippen LogP contribution is -2.39. The molecule has 0 aromatic heterocycles. The second-order valence-corrected chi connectivity index (χ2v) is 4.62. The van der Waals surface area contributed by atoms with Crippen LogP contribution in [0.2, 0.25) is 0 Å². The largest absolute Gasteiger partial charge is 0.295 e. The summed E-state index contributed by atoms with van der Waals surface area (Å²) in [6.45, 7) is 0.137. The van der Waals surface area contributed by atoms with E-state index in [1.165, 1.54) is 4.90 Å². The van der Waals surface area contributed by atoms with Gasteiger partial charge in [-0.2, -0.15) is 0 Å². The summed E-state index contributed by atoms with van der Waals surface area (Å²) in [5, 5.41) is 0.